The highest BCUT2D eigenvalue weighted by atomic mass is 16.3. The van der Waals surface area contributed by atoms with Crippen LogP contribution in [-0.4, -0.2) is 29.3 Å². The number of benzene rings is 1. The number of amides is 2. The number of furan rings is 1. The van der Waals surface area contributed by atoms with Crippen molar-refractivity contribution in [2.75, 3.05) is 6.54 Å². The summed E-state index contributed by atoms with van der Waals surface area (Å²) >= 11 is 0. The Morgan fingerprint density at radius 2 is 2.13 bits per heavy atom. The van der Waals surface area contributed by atoms with Crippen molar-refractivity contribution in [1.82, 2.24) is 10.2 Å². The van der Waals surface area contributed by atoms with Crippen LogP contribution in [0, 0.1) is 0 Å². The van der Waals surface area contributed by atoms with Gasteiger partial charge in [-0.15, -0.1) is 0 Å². The third kappa shape index (κ3) is 3.43. The predicted molar refractivity (Wildman–Crippen MR) is 84.3 cm³/mol. The third-order valence-electron chi connectivity index (χ3n) is 3.94. The first kappa shape index (κ1) is 15.3. The average molecular weight is 313 g/mol. The second-order valence-electron chi connectivity index (χ2n) is 5.57. The molecule has 2 aromatic rings. The van der Waals surface area contributed by atoms with Gasteiger partial charge in [-0.3, -0.25) is 9.59 Å². The van der Waals surface area contributed by atoms with Crippen molar-refractivity contribution in [2.24, 2.45) is 5.73 Å². The standard InChI is InChI=1S/C17H19N3O3/c18-9-14-8-13(11-23-14)16(21)19-15-6-7-20(17(15)22)10-12-4-2-1-3-5-12/h1-5,8,11,15H,6-7,9-10,18H2,(H,19,21). The third-order valence-corrected chi connectivity index (χ3v) is 3.94. The van der Waals surface area contributed by atoms with E-state index in [0.29, 0.717) is 30.8 Å². The molecule has 2 amide bonds. The Morgan fingerprint density at radius 3 is 2.83 bits per heavy atom. The van der Waals surface area contributed by atoms with Gasteiger partial charge in [0.1, 0.15) is 18.1 Å². The molecule has 1 fully saturated rings. The van der Waals surface area contributed by atoms with Gasteiger partial charge in [-0.05, 0) is 18.1 Å². The van der Waals surface area contributed by atoms with Gasteiger partial charge in [-0.1, -0.05) is 30.3 Å². The van der Waals surface area contributed by atoms with Gasteiger partial charge < -0.3 is 20.4 Å². The molecule has 0 radical (unpaired) electrons. The summed E-state index contributed by atoms with van der Waals surface area (Å²) in [5.74, 6) is 0.178. The van der Waals surface area contributed by atoms with Crippen LogP contribution in [-0.2, 0) is 17.9 Å². The number of rotatable bonds is 5. The van der Waals surface area contributed by atoms with Crippen molar-refractivity contribution in [3.8, 4) is 0 Å². The summed E-state index contributed by atoms with van der Waals surface area (Å²) in [6.45, 7) is 1.44. The molecular formula is C17H19N3O3. The molecule has 1 unspecified atom stereocenters. The van der Waals surface area contributed by atoms with Gasteiger partial charge in [0.25, 0.3) is 5.91 Å². The molecular weight excluding hydrogens is 294 g/mol. The maximum atomic E-state index is 12.4. The number of carbonyl (C=O) groups excluding carboxylic acids is 2. The number of nitrogens with zero attached hydrogens (tertiary/aromatic N) is 1. The number of hydrogen-bond donors (Lipinski definition) is 2. The van der Waals surface area contributed by atoms with Crippen LogP contribution in [0.4, 0.5) is 0 Å². The minimum absolute atomic E-state index is 0.0512. The van der Waals surface area contributed by atoms with Crippen LogP contribution in [0.15, 0.2) is 47.1 Å². The smallest absolute Gasteiger partial charge is 0.255 e. The van der Waals surface area contributed by atoms with Crippen molar-refractivity contribution in [1.29, 1.82) is 0 Å². The van der Waals surface area contributed by atoms with Crippen LogP contribution in [0.25, 0.3) is 0 Å². The van der Waals surface area contributed by atoms with E-state index in [4.69, 9.17) is 10.2 Å². The maximum Gasteiger partial charge on any atom is 0.255 e. The van der Waals surface area contributed by atoms with Gasteiger partial charge in [0.05, 0.1) is 12.1 Å². The highest BCUT2D eigenvalue weighted by Crippen LogP contribution is 2.16. The largest absolute Gasteiger partial charge is 0.467 e. The zero-order valence-corrected chi connectivity index (χ0v) is 12.7. The number of hydrogen-bond acceptors (Lipinski definition) is 4. The SMILES string of the molecule is NCc1cc(C(=O)NC2CCN(Cc3ccccc3)C2=O)co1. The first-order valence-electron chi connectivity index (χ1n) is 7.58. The molecule has 6 heteroatoms. The van der Waals surface area contributed by atoms with Crippen LogP contribution in [0.2, 0.25) is 0 Å². The average Bonchev–Trinajstić information content (AvgIpc) is 3.18. The fraction of sp³-hybridized carbons (Fsp3) is 0.294. The van der Waals surface area contributed by atoms with Crippen molar-refractivity contribution >= 4 is 11.8 Å². The first-order chi connectivity index (χ1) is 11.2. The molecule has 1 aliphatic rings. The molecule has 1 aromatic carbocycles. The highest BCUT2D eigenvalue weighted by Gasteiger charge is 2.32. The van der Waals surface area contributed by atoms with E-state index < -0.39 is 6.04 Å². The minimum atomic E-state index is -0.484. The highest BCUT2D eigenvalue weighted by molar-refractivity contribution is 5.97. The Balaban J connectivity index is 1.59. The van der Waals surface area contributed by atoms with Crippen LogP contribution >= 0.6 is 0 Å². The molecule has 3 N–H and O–H groups in total. The molecule has 2 heterocycles. The van der Waals surface area contributed by atoms with Gasteiger partial charge in [0.2, 0.25) is 5.91 Å². The van der Waals surface area contributed by atoms with Crippen LogP contribution in [0.1, 0.15) is 28.1 Å². The second-order valence-corrected chi connectivity index (χ2v) is 5.57. The van der Waals surface area contributed by atoms with Crippen LogP contribution in [0.3, 0.4) is 0 Å². The number of likely N-dealkylation sites (tertiary alicyclic amines) is 1. The minimum Gasteiger partial charge on any atom is -0.467 e. The fourth-order valence-electron chi connectivity index (χ4n) is 2.68. The van der Waals surface area contributed by atoms with Gasteiger partial charge in [0, 0.05) is 13.1 Å². The van der Waals surface area contributed by atoms with E-state index in [1.54, 1.807) is 11.0 Å². The Hall–Kier alpha value is -2.60. The number of carbonyl (C=O) groups is 2. The van der Waals surface area contributed by atoms with E-state index in [0.717, 1.165) is 5.56 Å². The molecule has 6 nitrogen and oxygen atoms in total. The van der Waals surface area contributed by atoms with Gasteiger partial charge in [0.15, 0.2) is 0 Å². The zero-order chi connectivity index (χ0) is 16.2. The summed E-state index contributed by atoms with van der Waals surface area (Å²) in [5, 5.41) is 2.77. The Morgan fingerprint density at radius 1 is 1.35 bits per heavy atom. The summed E-state index contributed by atoms with van der Waals surface area (Å²) in [7, 11) is 0. The molecule has 1 aromatic heterocycles. The molecule has 0 aliphatic carbocycles. The zero-order valence-electron chi connectivity index (χ0n) is 12.7. The van der Waals surface area contributed by atoms with Crippen LogP contribution < -0.4 is 11.1 Å². The lowest BCUT2D eigenvalue weighted by molar-refractivity contribution is -0.129. The molecule has 0 bridgehead atoms. The summed E-state index contributed by atoms with van der Waals surface area (Å²) < 4.78 is 5.15. The van der Waals surface area contributed by atoms with E-state index >= 15 is 0 Å². The Bertz CT molecular complexity index is 696. The van der Waals surface area contributed by atoms with E-state index in [2.05, 4.69) is 5.32 Å². The lowest BCUT2D eigenvalue weighted by atomic mass is 10.2. The van der Waals surface area contributed by atoms with E-state index in [1.807, 2.05) is 30.3 Å². The molecule has 1 atom stereocenters. The van der Waals surface area contributed by atoms with E-state index in [1.165, 1.54) is 6.26 Å². The van der Waals surface area contributed by atoms with Gasteiger partial charge in [-0.2, -0.15) is 0 Å². The van der Waals surface area contributed by atoms with E-state index in [9.17, 15) is 9.59 Å². The summed E-state index contributed by atoms with van der Waals surface area (Å²) in [6.07, 6.45) is 1.97. The quantitative estimate of drug-likeness (QED) is 0.870. The Kier molecular flexibility index (Phi) is 4.43. The molecule has 1 aliphatic heterocycles. The topological polar surface area (TPSA) is 88.6 Å². The van der Waals surface area contributed by atoms with Crippen molar-refractivity contribution < 1.29 is 14.0 Å². The maximum absolute atomic E-state index is 12.4. The second kappa shape index (κ2) is 6.66. The lowest BCUT2D eigenvalue weighted by Gasteiger charge is -2.17. The molecule has 120 valence electrons. The molecule has 0 spiro atoms. The van der Waals surface area contributed by atoms with E-state index in [-0.39, 0.29) is 18.4 Å². The van der Waals surface area contributed by atoms with Crippen molar-refractivity contribution in [2.45, 2.75) is 25.6 Å². The van der Waals surface area contributed by atoms with Crippen LogP contribution in [0.5, 0.6) is 0 Å². The summed E-state index contributed by atoms with van der Waals surface area (Å²) in [6, 6.07) is 10.9. The Labute approximate surface area is 134 Å². The van der Waals surface area contributed by atoms with Gasteiger partial charge in [-0.25, -0.2) is 0 Å². The monoisotopic (exact) mass is 313 g/mol. The summed E-state index contributed by atoms with van der Waals surface area (Å²) in [5.41, 5.74) is 6.92. The molecule has 1 saturated heterocycles. The number of nitrogens with two attached hydrogens (primary N) is 1. The molecule has 3 rings (SSSR count). The number of nitrogens with one attached hydrogen (secondary N) is 1. The summed E-state index contributed by atoms with van der Waals surface area (Å²) in [4.78, 5) is 26.3. The van der Waals surface area contributed by atoms with Crippen molar-refractivity contribution in [3.63, 3.8) is 0 Å². The van der Waals surface area contributed by atoms with Crippen molar-refractivity contribution in [3.05, 3.63) is 59.5 Å². The normalized spacial score (nSPS) is 17.5. The first-order valence-corrected chi connectivity index (χ1v) is 7.58. The molecule has 0 saturated carbocycles. The van der Waals surface area contributed by atoms with Gasteiger partial charge >= 0.3 is 0 Å². The predicted octanol–water partition coefficient (Wildman–Crippen LogP) is 1.27. The lowest BCUT2D eigenvalue weighted by Crippen LogP contribution is -2.41. The molecule has 23 heavy (non-hydrogen) atoms. The fourth-order valence-corrected chi connectivity index (χ4v) is 2.68.